The molecular weight excluding hydrogens is 208 g/mol. The van der Waals surface area contributed by atoms with E-state index in [4.69, 9.17) is 9.84 Å². The van der Waals surface area contributed by atoms with Crippen molar-refractivity contribution in [3.8, 4) is 0 Å². The number of carboxylic acid groups (broad SMARTS) is 1. The Labute approximate surface area is 97.0 Å². The number of carboxylic acids is 1. The Balaban J connectivity index is 3.65. The fraction of sp³-hybridized carbons (Fsp3) is 0.833. The predicted molar refractivity (Wildman–Crippen MR) is 61.2 cm³/mol. The van der Waals surface area contributed by atoms with Crippen LogP contribution in [0.3, 0.4) is 0 Å². The number of unbranched alkanes of at least 4 members (excludes halogenated alkanes) is 2. The molecule has 0 atom stereocenters. The maximum atomic E-state index is 11.1. The maximum absolute atomic E-state index is 11.1. The van der Waals surface area contributed by atoms with Crippen LogP contribution in [0.15, 0.2) is 0 Å². The lowest BCUT2D eigenvalue weighted by atomic mass is 10.00. The van der Waals surface area contributed by atoms with Gasteiger partial charge in [-0.15, -0.1) is 0 Å². The normalized spacial score (nSPS) is 11.2. The van der Waals surface area contributed by atoms with Gasteiger partial charge in [-0.3, -0.25) is 9.59 Å². The van der Waals surface area contributed by atoms with Crippen LogP contribution in [0, 0.1) is 0 Å². The molecule has 0 fully saturated rings. The van der Waals surface area contributed by atoms with Gasteiger partial charge in [0, 0.05) is 12.8 Å². The monoisotopic (exact) mass is 230 g/mol. The zero-order chi connectivity index (χ0) is 12.6. The van der Waals surface area contributed by atoms with Crippen LogP contribution >= 0.6 is 0 Å². The largest absolute Gasteiger partial charge is 0.481 e. The van der Waals surface area contributed by atoms with Crippen molar-refractivity contribution < 1.29 is 19.4 Å². The van der Waals surface area contributed by atoms with Gasteiger partial charge >= 0.3 is 11.9 Å². The smallest absolute Gasteiger partial charge is 0.306 e. The molecule has 0 saturated carbocycles. The Bertz CT molecular complexity index is 233. The third-order valence-corrected chi connectivity index (χ3v) is 2.35. The molecule has 0 aliphatic carbocycles. The molecule has 0 bridgehead atoms. The molecule has 0 unspecified atom stereocenters. The highest BCUT2D eigenvalue weighted by molar-refractivity contribution is 5.69. The molecule has 0 aromatic heterocycles. The molecule has 0 aromatic rings. The van der Waals surface area contributed by atoms with E-state index in [0.29, 0.717) is 12.8 Å². The first-order chi connectivity index (χ1) is 7.37. The molecule has 0 radical (unpaired) electrons. The summed E-state index contributed by atoms with van der Waals surface area (Å²) in [5.74, 6) is -0.938. The van der Waals surface area contributed by atoms with Gasteiger partial charge in [-0.25, -0.2) is 0 Å². The quantitative estimate of drug-likeness (QED) is 0.514. The second-order valence-electron chi connectivity index (χ2n) is 4.54. The molecule has 0 spiro atoms. The lowest BCUT2D eigenvalue weighted by Gasteiger charge is -2.24. The van der Waals surface area contributed by atoms with Crippen molar-refractivity contribution in [1.82, 2.24) is 0 Å². The first-order valence-electron chi connectivity index (χ1n) is 5.81. The van der Waals surface area contributed by atoms with Crippen LogP contribution in [0.4, 0.5) is 0 Å². The van der Waals surface area contributed by atoms with E-state index >= 15 is 0 Å². The van der Waals surface area contributed by atoms with E-state index in [0.717, 1.165) is 19.3 Å². The fourth-order valence-corrected chi connectivity index (χ4v) is 1.44. The summed E-state index contributed by atoms with van der Waals surface area (Å²) in [6.45, 7) is 5.54. The second kappa shape index (κ2) is 7.25. The van der Waals surface area contributed by atoms with E-state index in [-0.39, 0.29) is 12.4 Å². The van der Waals surface area contributed by atoms with Gasteiger partial charge in [0.25, 0.3) is 0 Å². The molecular formula is C12H22O4. The lowest BCUT2D eigenvalue weighted by Crippen LogP contribution is -2.27. The van der Waals surface area contributed by atoms with E-state index < -0.39 is 11.6 Å². The van der Waals surface area contributed by atoms with E-state index in [2.05, 4.69) is 0 Å². The number of esters is 1. The summed E-state index contributed by atoms with van der Waals surface area (Å²) >= 11 is 0. The van der Waals surface area contributed by atoms with Crippen LogP contribution in [0.5, 0.6) is 0 Å². The first kappa shape index (κ1) is 14.9. The number of ether oxygens (including phenoxy) is 1. The van der Waals surface area contributed by atoms with Crippen molar-refractivity contribution in [2.24, 2.45) is 0 Å². The van der Waals surface area contributed by atoms with Crippen molar-refractivity contribution in [2.75, 3.05) is 0 Å². The molecule has 0 aliphatic heterocycles. The van der Waals surface area contributed by atoms with E-state index in [1.807, 2.05) is 13.8 Å². The first-order valence-corrected chi connectivity index (χ1v) is 5.81. The Kier molecular flexibility index (Phi) is 6.77. The summed E-state index contributed by atoms with van der Waals surface area (Å²) in [4.78, 5) is 21.4. The van der Waals surface area contributed by atoms with Crippen molar-refractivity contribution in [1.29, 1.82) is 0 Å². The Morgan fingerprint density at radius 1 is 1.19 bits per heavy atom. The highest BCUT2D eigenvalue weighted by Gasteiger charge is 2.21. The van der Waals surface area contributed by atoms with Crippen molar-refractivity contribution >= 4 is 11.9 Å². The molecule has 0 aromatic carbocycles. The van der Waals surface area contributed by atoms with Gasteiger partial charge in [0.05, 0.1) is 0 Å². The van der Waals surface area contributed by atoms with Gasteiger partial charge in [-0.1, -0.05) is 13.3 Å². The molecule has 4 heteroatoms. The Morgan fingerprint density at radius 2 is 1.81 bits per heavy atom. The summed E-state index contributed by atoms with van der Waals surface area (Å²) in [6, 6.07) is 0. The molecule has 0 saturated heterocycles. The zero-order valence-corrected chi connectivity index (χ0v) is 10.4. The second-order valence-corrected chi connectivity index (χ2v) is 4.54. The van der Waals surface area contributed by atoms with Gasteiger partial charge in [-0.2, -0.15) is 0 Å². The molecule has 16 heavy (non-hydrogen) atoms. The zero-order valence-electron chi connectivity index (χ0n) is 10.4. The minimum atomic E-state index is -0.753. The molecule has 0 rings (SSSR count). The number of carbonyl (C=O) groups excluding carboxylic acids is 1. The van der Waals surface area contributed by atoms with Crippen molar-refractivity contribution in [3.63, 3.8) is 0 Å². The minimum Gasteiger partial charge on any atom is -0.481 e. The number of hydrogen-bond donors (Lipinski definition) is 1. The van der Waals surface area contributed by atoms with E-state index in [1.54, 1.807) is 6.92 Å². The summed E-state index contributed by atoms with van der Waals surface area (Å²) in [7, 11) is 0. The summed E-state index contributed by atoms with van der Waals surface area (Å²) < 4.78 is 5.26. The SMILES string of the molecule is CCC(=O)OC(C)(C)CCCCCC(=O)O. The maximum Gasteiger partial charge on any atom is 0.306 e. The standard InChI is InChI=1S/C12H22O4/c1-4-11(15)16-12(2,3)9-7-5-6-8-10(13)14/h4-9H2,1-3H3,(H,13,14). The summed E-state index contributed by atoms with van der Waals surface area (Å²) in [5, 5.41) is 8.45. The third-order valence-electron chi connectivity index (χ3n) is 2.35. The molecule has 4 nitrogen and oxygen atoms in total. The van der Waals surface area contributed by atoms with Gasteiger partial charge in [0.15, 0.2) is 0 Å². The summed E-state index contributed by atoms with van der Waals surface area (Å²) in [6.07, 6.45) is 3.82. The van der Waals surface area contributed by atoms with Gasteiger partial charge in [0.2, 0.25) is 0 Å². The van der Waals surface area contributed by atoms with Crippen LogP contribution < -0.4 is 0 Å². The van der Waals surface area contributed by atoms with Crippen LogP contribution in [0.25, 0.3) is 0 Å². The molecule has 94 valence electrons. The number of aliphatic carboxylic acids is 1. The van der Waals surface area contributed by atoms with Crippen molar-refractivity contribution in [2.45, 2.75) is 64.9 Å². The lowest BCUT2D eigenvalue weighted by molar-refractivity contribution is -0.156. The van der Waals surface area contributed by atoms with Gasteiger partial charge in [0.1, 0.15) is 5.60 Å². The van der Waals surface area contributed by atoms with E-state index in [1.165, 1.54) is 0 Å². The van der Waals surface area contributed by atoms with Crippen LogP contribution in [-0.4, -0.2) is 22.6 Å². The topological polar surface area (TPSA) is 63.6 Å². The van der Waals surface area contributed by atoms with E-state index in [9.17, 15) is 9.59 Å². The van der Waals surface area contributed by atoms with Gasteiger partial charge in [-0.05, 0) is 33.1 Å². The summed E-state index contributed by atoms with van der Waals surface area (Å²) in [5.41, 5.74) is -0.434. The molecule has 0 amide bonds. The number of rotatable bonds is 8. The van der Waals surface area contributed by atoms with Crippen LogP contribution in [0.2, 0.25) is 0 Å². The molecule has 1 N–H and O–H groups in total. The van der Waals surface area contributed by atoms with Crippen molar-refractivity contribution in [3.05, 3.63) is 0 Å². The van der Waals surface area contributed by atoms with Crippen LogP contribution in [0.1, 0.15) is 59.3 Å². The van der Waals surface area contributed by atoms with Crippen LogP contribution in [-0.2, 0) is 14.3 Å². The Morgan fingerprint density at radius 3 is 2.31 bits per heavy atom. The fourth-order valence-electron chi connectivity index (χ4n) is 1.44. The highest BCUT2D eigenvalue weighted by Crippen LogP contribution is 2.19. The minimum absolute atomic E-state index is 0.185. The average molecular weight is 230 g/mol. The van der Waals surface area contributed by atoms with Gasteiger partial charge < -0.3 is 9.84 Å². The average Bonchev–Trinajstić information content (AvgIpc) is 2.15. The Hall–Kier alpha value is -1.06. The highest BCUT2D eigenvalue weighted by atomic mass is 16.6. The predicted octanol–water partition coefficient (Wildman–Crippen LogP) is 2.75. The molecule has 0 aliphatic rings. The molecule has 0 heterocycles. The number of hydrogen-bond acceptors (Lipinski definition) is 3. The third kappa shape index (κ3) is 8.26. The number of carbonyl (C=O) groups is 2.